The second-order valence-corrected chi connectivity index (χ2v) is 4.29. The number of nitrogens with one attached hydrogen (secondary N) is 1. The van der Waals surface area contributed by atoms with Gasteiger partial charge >= 0.3 is 0 Å². The Bertz CT molecular complexity index is 390. The first kappa shape index (κ1) is 14.4. The number of rotatable bonds is 6. The fraction of sp³-hybridized carbons (Fsp3) is 0.429. The molecule has 1 rings (SSSR count). The van der Waals surface area contributed by atoms with Gasteiger partial charge in [0, 0.05) is 18.8 Å². The molecule has 0 radical (unpaired) electrons. The number of pyridine rings is 1. The van der Waals surface area contributed by atoms with Crippen molar-refractivity contribution in [3.05, 3.63) is 36.2 Å². The molecule has 18 heavy (non-hydrogen) atoms. The largest absolute Gasteiger partial charge is 0.391 e. The topological polar surface area (TPSA) is 62.2 Å². The summed E-state index contributed by atoms with van der Waals surface area (Å²) in [6.45, 7) is 4.25. The van der Waals surface area contributed by atoms with Gasteiger partial charge in [-0.2, -0.15) is 0 Å². The normalized spacial score (nSPS) is 14.4. The first-order chi connectivity index (χ1) is 8.63. The Morgan fingerprint density at radius 2 is 2.33 bits per heavy atom. The van der Waals surface area contributed by atoms with Crippen LogP contribution in [0.25, 0.3) is 6.08 Å². The molecule has 0 aromatic carbocycles. The molecule has 0 aliphatic heterocycles. The van der Waals surface area contributed by atoms with Gasteiger partial charge in [0.1, 0.15) is 0 Å². The first-order valence-corrected chi connectivity index (χ1v) is 6.18. The van der Waals surface area contributed by atoms with Gasteiger partial charge in [-0.15, -0.1) is 0 Å². The zero-order valence-corrected chi connectivity index (χ0v) is 10.8. The van der Waals surface area contributed by atoms with Crippen LogP contribution in [0.3, 0.4) is 0 Å². The van der Waals surface area contributed by atoms with Crippen LogP contribution >= 0.6 is 0 Å². The molecule has 2 atom stereocenters. The summed E-state index contributed by atoms with van der Waals surface area (Å²) in [5.41, 5.74) is 0.732. The van der Waals surface area contributed by atoms with Crippen LogP contribution in [0.2, 0.25) is 0 Å². The molecule has 98 valence electrons. The number of aromatic nitrogens is 1. The van der Waals surface area contributed by atoms with Crippen molar-refractivity contribution in [1.82, 2.24) is 10.3 Å². The highest BCUT2D eigenvalue weighted by Gasteiger charge is 2.12. The molecule has 1 aromatic heterocycles. The molecule has 0 spiro atoms. The van der Waals surface area contributed by atoms with Crippen molar-refractivity contribution in [2.24, 2.45) is 5.92 Å². The molecule has 4 heteroatoms. The molecule has 0 bridgehead atoms. The standard InChI is InChI=1S/C14H20N2O2/c1-3-11(2)13(17)10-16-14(18)8-7-12-6-4-5-9-15-12/h4-9,11,13,17H,3,10H2,1-2H3,(H,16,18)/b8-7+. The lowest BCUT2D eigenvalue weighted by atomic mass is 10.0. The number of carbonyl (C=O) groups excluding carboxylic acids is 1. The number of amides is 1. The van der Waals surface area contributed by atoms with Gasteiger partial charge < -0.3 is 10.4 Å². The highest BCUT2D eigenvalue weighted by atomic mass is 16.3. The van der Waals surface area contributed by atoms with Gasteiger partial charge in [-0.05, 0) is 24.1 Å². The van der Waals surface area contributed by atoms with Crippen LogP contribution < -0.4 is 5.32 Å². The number of nitrogens with zero attached hydrogens (tertiary/aromatic N) is 1. The summed E-state index contributed by atoms with van der Waals surface area (Å²) in [7, 11) is 0. The fourth-order valence-electron chi connectivity index (χ4n) is 1.37. The number of hydrogen-bond donors (Lipinski definition) is 2. The van der Waals surface area contributed by atoms with Gasteiger partial charge in [0.15, 0.2) is 0 Å². The van der Waals surface area contributed by atoms with E-state index in [2.05, 4.69) is 10.3 Å². The van der Waals surface area contributed by atoms with Crippen molar-refractivity contribution in [2.45, 2.75) is 26.4 Å². The maximum Gasteiger partial charge on any atom is 0.244 e. The minimum Gasteiger partial charge on any atom is -0.391 e. The highest BCUT2D eigenvalue weighted by molar-refractivity contribution is 5.91. The molecule has 0 fully saturated rings. The minimum absolute atomic E-state index is 0.185. The summed E-state index contributed by atoms with van der Waals surface area (Å²) >= 11 is 0. The molecule has 1 heterocycles. The predicted molar refractivity (Wildman–Crippen MR) is 71.7 cm³/mol. The van der Waals surface area contributed by atoms with Crippen LogP contribution in [0.5, 0.6) is 0 Å². The Kier molecular flexibility index (Phi) is 6.08. The molecule has 0 aliphatic rings. The molecule has 1 amide bonds. The van der Waals surface area contributed by atoms with E-state index in [9.17, 15) is 9.90 Å². The lowest BCUT2D eigenvalue weighted by Crippen LogP contribution is -2.34. The van der Waals surface area contributed by atoms with Crippen molar-refractivity contribution in [3.63, 3.8) is 0 Å². The zero-order chi connectivity index (χ0) is 13.4. The van der Waals surface area contributed by atoms with Crippen LogP contribution in [0.1, 0.15) is 26.0 Å². The van der Waals surface area contributed by atoms with E-state index in [1.165, 1.54) is 6.08 Å². The quantitative estimate of drug-likeness (QED) is 0.752. The van der Waals surface area contributed by atoms with E-state index in [0.29, 0.717) is 0 Å². The summed E-state index contributed by atoms with van der Waals surface area (Å²) in [4.78, 5) is 15.6. The number of hydrogen-bond acceptors (Lipinski definition) is 3. The molecule has 1 aromatic rings. The Hall–Kier alpha value is -1.68. The van der Waals surface area contributed by atoms with Gasteiger partial charge in [0.2, 0.25) is 5.91 Å². The SMILES string of the molecule is CCC(C)C(O)CNC(=O)/C=C/c1ccccn1. The summed E-state index contributed by atoms with van der Waals surface area (Å²) in [5.74, 6) is -0.0342. The van der Waals surface area contributed by atoms with Crippen LogP contribution in [0, 0.1) is 5.92 Å². The van der Waals surface area contributed by atoms with E-state index in [4.69, 9.17) is 0 Å². The van der Waals surface area contributed by atoms with Crippen molar-refractivity contribution in [3.8, 4) is 0 Å². The van der Waals surface area contributed by atoms with Gasteiger partial charge in [0.05, 0.1) is 11.8 Å². The average Bonchev–Trinajstić information content (AvgIpc) is 2.42. The molecule has 2 N–H and O–H groups in total. The first-order valence-electron chi connectivity index (χ1n) is 6.18. The van der Waals surface area contributed by atoms with Crippen LogP contribution in [0.4, 0.5) is 0 Å². The summed E-state index contributed by atoms with van der Waals surface area (Å²) < 4.78 is 0. The third-order valence-corrected chi connectivity index (χ3v) is 2.88. The van der Waals surface area contributed by atoms with E-state index in [1.807, 2.05) is 32.0 Å². The second kappa shape index (κ2) is 7.61. The van der Waals surface area contributed by atoms with E-state index >= 15 is 0 Å². The Labute approximate surface area is 108 Å². The smallest absolute Gasteiger partial charge is 0.244 e. The molecular weight excluding hydrogens is 228 g/mol. The minimum atomic E-state index is -0.498. The second-order valence-electron chi connectivity index (χ2n) is 4.29. The average molecular weight is 248 g/mol. The molecule has 2 unspecified atom stereocenters. The third-order valence-electron chi connectivity index (χ3n) is 2.88. The molecular formula is C14H20N2O2. The lowest BCUT2D eigenvalue weighted by molar-refractivity contribution is -0.117. The number of aliphatic hydroxyl groups is 1. The molecule has 4 nitrogen and oxygen atoms in total. The lowest BCUT2D eigenvalue weighted by Gasteiger charge is -2.16. The summed E-state index contributed by atoms with van der Waals surface area (Å²) in [5, 5.41) is 12.4. The summed E-state index contributed by atoms with van der Waals surface area (Å²) in [6, 6.07) is 5.49. The molecule has 0 saturated heterocycles. The molecule has 0 saturated carbocycles. The van der Waals surface area contributed by atoms with Crippen LogP contribution in [0.15, 0.2) is 30.5 Å². The van der Waals surface area contributed by atoms with E-state index < -0.39 is 6.10 Å². The van der Waals surface area contributed by atoms with Gasteiger partial charge in [-0.25, -0.2) is 0 Å². The van der Waals surface area contributed by atoms with Gasteiger partial charge in [-0.3, -0.25) is 9.78 Å². The number of carbonyl (C=O) groups is 1. The van der Waals surface area contributed by atoms with Crippen molar-refractivity contribution in [2.75, 3.05) is 6.54 Å². The van der Waals surface area contributed by atoms with E-state index in [0.717, 1.165) is 12.1 Å². The maximum absolute atomic E-state index is 11.5. The van der Waals surface area contributed by atoms with Crippen molar-refractivity contribution >= 4 is 12.0 Å². The highest BCUT2D eigenvalue weighted by Crippen LogP contribution is 2.05. The van der Waals surface area contributed by atoms with Gasteiger partial charge in [-0.1, -0.05) is 26.3 Å². The molecule has 0 aliphatic carbocycles. The monoisotopic (exact) mass is 248 g/mol. The van der Waals surface area contributed by atoms with E-state index in [1.54, 1.807) is 12.3 Å². The van der Waals surface area contributed by atoms with Crippen LogP contribution in [-0.4, -0.2) is 28.6 Å². The fourth-order valence-corrected chi connectivity index (χ4v) is 1.37. The van der Waals surface area contributed by atoms with Crippen molar-refractivity contribution < 1.29 is 9.90 Å². The van der Waals surface area contributed by atoms with Gasteiger partial charge in [0.25, 0.3) is 0 Å². The Morgan fingerprint density at radius 3 is 2.94 bits per heavy atom. The van der Waals surface area contributed by atoms with Crippen molar-refractivity contribution in [1.29, 1.82) is 0 Å². The van der Waals surface area contributed by atoms with E-state index in [-0.39, 0.29) is 18.4 Å². The Balaban J connectivity index is 2.36. The third kappa shape index (κ3) is 5.10. The summed E-state index contributed by atoms with van der Waals surface area (Å²) in [6.07, 6.45) is 5.13. The Morgan fingerprint density at radius 1 is 1.56 bits per heavy atom. The van der Waals surface area contributed by atoms with Crippen LogP contribution in [-0.2, 0) is 4.79 Å². The zero-order valence-electron chi connectivity index (χ0n) is 10.8. The predicted octanol–water partition coefficient (Wildman–Crippen LogP) is 1.62. The number of aliphatic hydroxyl groups excluding tert-OH is 1. The maximum atomic E-state index is 11.5.